The fraction of sp³-hybridized carbons (Fsp3) is 0.250. The molecule has 1 heterocycles. The molecule has 0 saturated carbocycles. The van der Waals surface area contributed by atoms with Crippen molar-refractivity contribution >= 4 is 29.2 Å². The van der Waals surface area contributed by atoms with E-state index in [1.165, 1.54) is 20.8 Å². The highest BCUT2D eigenvalue weighted by Gasteiger charge is 2.24. The molecule has 0 aliphatic heterocycles. The summed E-state index contributed by atoms with van der Waals surface area (Å²) in [6, 6.07) is 6.36. The van der Waals surface area contributed by atoms with Crippen molar-refractivity contribution in [2.75, 3.05) is 11.1 Å². The largest absolute Gasteiger partial charge is 0.449 e. The number of carbonyl (C=O) groups is 3. The summed E-state index contributed by atoms with van der Waals surface area (Å²) in [6.45, 7) is 4.42. The van der Waals surface area contributed by atoms with Crippen molar-refractivity contribution < 1.29 is 23.6 Å². The van der Waals surface area contributed by atoms with Crippen LogP contribution in [-0.4, -0.2) is 28.9 Å². The molecule has 1 atom stereocenters. The molecule has 0 spiro atoms. The van der Waals surface area contributed by atoms with E-state index < -0.39 is 18.0 Å². The lowest BCUT2D eigenvalue weighted by Crippen LogP contribution is -2.30. The molecule has 0 aliphatic carbocycles. The molecule has 2 aromatic rings. The summed E-state index contributed by atoms with van der Waals surface area (Å²) in [6.07, 6.45) is -1.06. The highest BCUT2D eigenvalue weighted by atomic mass is 16.5. The predicted octanol–water partition coefficient (Wildman–Crippen LogP) is 1.95. The van der Waals surface area contributed by atoms with E-state index in [0.29, 0.717) is 11.3 Å². The molecule has 0 unspecified atom stereocenters. The highest BCUT2D eigenvalue weighted by Crippen LogP contribution is 2.18. The molecular formula is C16H17N3O5. The second-order valence-electron chi connectivity index (χ2n) is 5.18. The van der Waals surface area contributed by atoms with Gasteiger partial charge in [0.15, 0.2) is 11.9 Å². The van der Waals surface area contributed by atoms with E-state index in [1.807, 2.05) is 0 Å². The van der Waals surface area contributed by atoms with Gasteiger partial charge in [-0.1, -0.05) is 5.16 Å². The maximum atomic E-state index is 12.1. The number of esters is 1. The Hall–Kier alpha value is -3.16. The number of ether oxygens (including phenoxy) is 1. The Morgan fingerprint density at radius 2 is 1.88 bits per heavy atom. The number of aryl methyl sites for hydroxylation is 1. The Labute approximate surface area is 137 Å². The summed E-state index contributed by atoms with van der Waals surface area (Å²) in [4.78, 5) is 35.3. The number of carbonyl (C=O) groups excluding carboxylic acids is 3. The van der Waals surface area contributed by atoms with Crippen LogP contribution in [0, 0.1) is 6.92 Å². The number of rotatable bonds is 5. The first-order valence-corrected chi connectivity index (χ1v) is 7.14. The maximum Gasteiger partial charge on any atom is 0.346 e. The Bertz CT molecular complexity index is 760. The molecule has 8 heteroatoms. The van der Waals surface area contributed by atoms with Gasteiger partial charge in [0.1, 0.15) is 5.56 Å². The van der Waals surface area contributed by atoms with Crippen LogP contribution in [0.15, 0.2) is 28.8 Å². The van der Waals surface area contributed by atoms with Gasteiger partial charge in [0.25, 0.3) is 5.91 Å². The third-order valence-corrected chi connectivity index (χ3v) is 3.31. The van der Waals surface area contributed by atoms with Crippen LogP contribution in [0.4, 0.5) is 11.6 Å². The normalized spacial score (nSPS) is 11.6. The van der Waals surface area contributed by atoms with Gasteiger partial charge in [-0.2, -0.15) is 0 Å². The summed E-state index contributed by atoms with van der Waals surface area (Å²) in [5.41, 5.74) is 6.79. The van der Waals surface area contributed by atoms with E-state index in [-0.39, 0.29) is 22.9 Å². The minimum absolute atomic E-state index is 0.000427. The van der Waals surface area contributed by atoms with Crippen molar-refractivity contribution in [3.63, 3.8) is 0 Å². The van der Waals surface area contributed by atoms with Crippen LogP contribution >= 0.6 is 0 Å². The van der Waals surface area contributed by atoms with Gasteiger partial charge in [-0.25, -0.2) is 4.79 Å². The van der Waals surface area contributed by atoms with E-state index in [9.17, 15) is 14.4 Å². The standard InChI is InChI=1S/C16H17N3O5/c1-8-13(14(17)24-19-8)16(22)23-10(3)15(21)18-12-6-4-11(5-7-12)9(2)20/h4-7,10H,17H2,1-3H3,(H,18,21)/t10-/m1/s1. The van der Waals surface area contributed by atoms with Crippen molar-refractivity contribution in [2.45, 2.75) is 26.9 Å². The lowest BCUT2D eigenvalue weighted by molar-refractivity contribution is -0.123. The number of amides is 1. The first-order chi connectivity index (χ1) is 11.3. The zero-order chi connectivity index (χ0) is 17.9. The third-order valence-electron chi connectivity index (χ3n) is 3.31. The van der Waals surface area contributed by atoms with E-state index in [0.717, 1.165) is 0 Å². The molecule has 24 heavy (non-hydrogen) atoms. The number of aromatic nitrogens is 1. The highest BCUT2D eigenvalue weighted by molar-refractivity contribution is 6.00. The first kappa shape index (κ1) is 17.2. The lowest BCUT2D eigenvalue weighted by atomic mass is 10.1. The van der Waals surface area contributed by atoms with Gasteiger partial charge in [0.2, 0.25) is 5.88 Å². The third kappa shape index (κ3) is 3.78. The van der Waals surface area contributed by atoms with Crippen LogP contribution in [0.2, 0.25) is 0 Å². The smallest absolute Gasteiger partial charge is 0.346 e. The van der Waals surface area contributed by atoms with Crippen LogP contribution in [0.1, 0.15) is 40.3 Å². The number of nitrogens with one attached hydrogen (secondary N) is 1. The van der Waals surface area contributed by atoms with E-state index >= 15 is 0 Å². The fourth-order valence-corrected chi connectivity index (χ4v) is 1.94. The lowest BCUT2D eigenvalue weighted by Gasteiger charge is -2.13. The second-order valence-corrected chi connectivity index (χ2v) is 5.18. The number of Topliss-reactive ketones (excluding diaryl/α,β-unsaturated/α-hetero) is 1. The molecule has 1 amide bonds. The van der Waals surface area contributed by atoms with Gasteiger partial charge in [-0.05, 0) is 45.0 Å². The summed E-state index contributed by atoms with van der Waals surface area (Å²) in [7, 11) is 0. The summed E-state index contributed by atoms with van der Waals surface area (Å²) >= 11 is 0. The minimum Gasteiger partial charge on any atom is -0.449 e. The van der Waals surface area contributed by atoms with Crippen molar-refractivity contribution in [3.8, 4) is 0 Å². The number of nitrogens with zero attached hydrogens (tertiary/aromatic N) is 1. The molecule has 8 nitrogen and oxygen atoms in total. The van der Waals surface area contributed by atoms with E-state index in [2.05, 4.69) is 15.0 Å². The number of anilines is 2. The van der Waals surface area contributed by atoms with Gasteiger partial charge >= 0.3 is 5.97 Å². The predicted molar refractivity (Wildman–Crippen MR) is 85.6 cm³/mol. The summed E-state index contributed by atoms with van der Waals surface area (Å²) in [5, 5.41) is 6.14. The average Bonchev–Trinajstić information content (AvgIpc) is 2.86. The van der Waals surface area contributed by atoms with Crippen molar-refractivity contribution in [1.82, 2.24) is 5.16 Å². The zero-order valence-corrected chi connectivity index (χ0v) is 13.5. The number of nitrogen functional groups attached to an aromatic ring is 1. The molecule has 0 bridgehead atoms. The van der Waals surface area contributed by atoms with Gasteiger partial charge in [-0.15, -0.1) is 0 Å². The molecule has 0 fully saturated rings. The number of benzene rings is 1. The van der Waals surface area contributed by atoms with Crippen LogP contribution in [0.25, 0.3) is 0 Å². The topological polar surface area (TPSA) is 125 Å². The van der Waals surface area contributed by atoms with Crippen molar-refractivity contribution in [1.29, 1.82) is 0 Å². The number of ketones is 1. The van der Waals surface area contributed by atoms with Gasteiger partial charge < -0.3 is 20.3 Å². The molecule has 2 rings (SSSR count). The molecule has 0 aliphatic rings. The van der Waals surface area contributed by atoms with Crippen LogP contribution in [-0.2, 0) is 9.53 Å². The summed E-state index contributed by atoms with van der Waals surface area (Å²) < 4.78 is 9.75. The molecule has 1 aromatic heterocycles. The van der Waals surface area contributed by atoms with Crippen molar-refractivity contribution in [2.24, 2.45) is 0 Å². The molecule has 3 N–H and O–H groups in total. The Morgan fingerprint density at radius 3 is 2.38 bits per heavy atom. The van der Waals surface area contributed by atoms with Crippen LogP contribution < -0.4 is 11.1 Å². The Balaban J connectivity index is 1.99. The number of nitrogens with two attached hydrogens (primary N) is 1. The monoisotopic (exact) mass is 331 g/mol. The molecular weight excluding hydrogens is 314 g/mol. The average molecular weight is 331 g/mol. The number of hydrogen-bond acceptors (Lipinski definition) is 7. The minimum atomic E-state index is -1.06. The Kier molecular flexibility index (Phi) is 4.98. The first-order valence-electron chi connectivity index (χ1n) is 7.14. The molecule has 0 radical (unpaired) electrons. The fourth-order valence-electron chi connectivity index (χ4n) is 1.94. The van der Waals surface area contributed by atoms with Crippen LogP contribution in [0.3, 0.4) is 0 Å². The molecule has 0 saturated heterocycles. The SMILES string of the molecule is CC(=O)c1ccc(NC(=O)[C@@H](C)OC(=O)c2c(C)noc2N)cc1. The Morgan fingerprint density at radius 1 is 1.25 bits per heavy atom. The zero-order valence-electron chi connectivity index (χ0n) is 13.5. The van der Waals surface area contributed by atoms with Gasteiger partial charge in [0.05, 0.1) is 5.69 Å². The molecule has 1 aromatic carbocycles. The van der Waals surface area contributed by atoms with E-state index in [1.54, 1.807) is 24.3 Å². The quantitative estimate of drug-likeness (QED) is 0.633. The van der Waals surface area contributed by atoms with Gasteiger partial charge in [-0.3, -0.25) is 9.59 Å². The van der Waals surface area contributed by atoms with Gasteiger partial charge in [0, 0.05) is 11.3 Å². The number of hydrogen-bond donors (Lipinski definition) is 2. The van der Waals surface area contributed by atoms with E-state index in [4.69, 9.17) is 10.5 Å². The van der Waals surface area contributed by atoms with Crippen LogP contribution in [0.5, 0.6) is 0 Å². The van der Waals surface area contributed by atoms with Crippen molar-refractivity contribution in [3.05, 3.63) is 41.1 Å². The maximum absolute atomic E-state index is 12.1. The summed E-state index contributed by atoms with van der Waals surface area (Å²) in [5.74, 6) is -1.55. The second kappa shape index (κ2) is 6.95. The molecule has 126 valence electrons.